The molecular formula is C12H15FN2O4S. The molecule has 0 heterocycles. The third-order valence-corrected chi connectivity index (χ3v) is 4.84. The van der Waals surface area contributed by atoms with Gasteiger partial charge in [0.1, 0.15) is 17.1 Å². The zero-order chi connectivity index (χ0) is 15.5. The smallest absolute Gasteiger partial charge is 0.239 e. The summed E-state index contributed by atoms with van der Waals surface area (Å²) in [4.78, 5) is 22.4. The number of sulfone groups is 1. The van der Waals surface area contributed by atoms with Crippen LogP contribution in [0.25, 0.3) is 0 Å². The molecule has 1 aromatic rings. The highest BCUT2D eigenvalue weighted by Crippen LogP contribution is 2.16. The minimum absolute atomic E-state index is 0.173. The number of carbonyl (C=O) groups is 2. The number of halogens is 1. The molecule has 20 heavy (non-hydrogen) atoms. The van der Waals surface area contributed by atoms with Crippen molar-refractivity contribution in [1.29, 1.82) is 0 Å². The molecule has 0 saturated heterocycles. The van der Waals surface area contributed by atoms with E-state index in [1.54, 1.807) is 0 Å². The Morgan fingerprint density at radius 1 is 1.20 bits per heavy atom. The summed E-state index contributed by atoms with van der Waals surface area (Å²) in [5.41, 5.74) is 4.98. The van der Waals surface area contributed by atoms with E-state index in [2.05, 4.69) is 5.32 Å². The van der Waals surface area contributed by atoms with Gasteiger partial charge in [-0.05, 0) is 38.1 Å². The molecule has 1 aromatic carbocycles. The molecule has 0 aliphatic rings. The van der Waals surface area contributed by atoms with Crippen LogP contribution in [0.1, 0.15) is 13.8 Å². The summed E-state index contributed by atoms with van der Waals surface area (Å²) in [6, 6.07) is 3.15. The lowest BCUT2D eigenvalue weighted by molar-refractivity contribution is -0.126. The number of hydrogen-bond donors (Lipinski definition) is 2. The second-order valence-electron chi connectivity index (χ2n) is 4.27. The van der Waals surface area contributed by atoms with Crippen LogP contribution < -0.4 is 11.1 Å². The number of primary amides is 1. The first-order chi connectivity index (χ1) is 9.16. The van der Waals surface area contributed by atoms with Gasteiger partial charge in [-0.1, -0.05) is 0 Å². The van der Waals surface area contributed by atoms with E-state index < -0.39 is 38.8 Å². The second kappa shape index (κ2) is 6.00. The molecule has 110 valence electrons. The fourth-order valence-corrected chi connectivity index (χ4v) is 2.64. The van der Waals surface area contributed by atoms with Crippen molar-refractivity contribution < 1.29 is 22.4 Å². The molecule has 6 nitrogen and oxygen atoms in total. The fourth-order valence-electron chi connectivity index (χ4n) is 1.37. The molecule has 0 bridgehead atoms. The maximum Gasteiger partial charge on any atom is 0.239 e. The Kier molecular flexibility index (Phi) is 4.83. The van der Waals surface area contributed by atoms with Crippen LogP contribution in [0.2, 0.25) is 0 Å². The van der Waals surface area contributed by atoms with Gasteiger partial charge in [-0.15, -0.1) is 0 Å². The van der Waals surface area contributed by atoms with Gasteiger partial charge >= 0.3 is 0 Å². The van der Waals surface area contributed by atoms with E-state index in [1.165, 1.54) is 13.8 Å². The largest absolute Gasteiger partial charge is 0.368 e. The van der Waals surface area contributed by atoms with Crippen LogP contribution in [0.5, 0.6) is 0 Å². The number of nitrogens with two attached hydrogens (primary N) is 1. The minimum Gasteiger partial charge on any atom is -0.368 e. The average Bonchev–Trinajstić information content (AvgIpc) is 2.37. The van der Waals surface area contributed by atoms with Gasteiger partial charge in [-0.3, -0.25) is 9.59 Å². The van der Waals surface area contributed by atoms with E-state index in [-0.39, 0.29) is 4.90 Å². The lowest BCUT2D eigenvalue weighted by atomic mass is 10.3. The molecule has 0 radical (unpaired) electrons. The SMILES string of the molecule is C[C@@H](NC(=O)[C@H](C)S(=O)(=O)c1ccc(F)cc1)C(N)=O. The number of amides is 2. The normalized spacial score (nSPS) is 14.3. The van der Waals surface area contributed by atoms with Crippen molar-refractivity contribution in [2.75, 3.05) is 0 Å². The molecule has 1 rings (SSSR count). The Bertz CT molecular complexity index is 613. The summed E-state index contributed by atoms with van der Waals surface area (Å²) in [5.74, 6) is -2.20. The van der Waals surface area contributed by atoms with Crippen LogP contribution in [-0.4, -0.2) is 31.5 Å². The lowest BCUT2D eigenvalue weighted by Gasteiger charge is -2.16. The highest BCUT2D eigenvalue weighted by Gasteiger charge is 2.31. The summed E-state index contributed by atoms with van der Waals surface area (Å²) in [6.07, 6.45) is 0. The minimum atomic E-state index is -3.96. The van der Waals surface area contributed by atoms with Crippen LogP contribution in [0.15, 0.2) is 29.2 Å². The summed E-state index contributed by atoms with van der Waals surface area (Å²) < 4.78 is 37.0. The molecule has 0 unspecified atom stereocenters. The predicted octanol–water partition coefficient (Wildman–Crippen LogP) is -0.0221. The molecule has 0 aliphatic heterocycles. The third kappa shape index (κ3) is 3.53. The first kappa shape index (κ1) is 16.1. The van der Waals surface area contributed by atoms with Gasteiger partial charge in [-0.2, -0.15) is 0 Å². The van der Waals surface area contributed by atoms with Gasteiger partial charge in [0.05, 0.1) is 4.90 Å². The van der Waals surface area contributed by atoms with Crippen molar-refractivity contribution in [3.8, 4) is 0 Å². The van der Waals surface area contributed by atoms with Crippen molar-refractivity contribution in [2.24, 2.45) is 5.73 Å². The van der Waals surface area contributed by atoms with Gasteiger partial charge in [0.15, 0.2) is 9.84 Å². The van der Waals surface area contributed by atoms with E-state index in [1.807, 2.05) is 0 Å². The monoisotopic (exact) mass is 302 g/mol. The highest BCUT2D eigenvalue weighted by molar-refractivity contribution is 7.92. The molecule has 0 spiro atoms. The fraction of sp³-hybridized carbons (Fsp3) is 0.333. The van der Waals surface area contributed by atoms with Crippen LogP contribution in [0.4, 0.5) is 4.39 Å². The first-order valence-electron chi connectivity index (χ1n) is 5.75. The van der Waals surface area contributed by atoms with E-state index in [0.29, 0.717) is 0 Å². The third-order valence-electron chi connectivity index (χ3n) is 2.76. The quantitative estimate of drug-likeness (QED) is 0.745. The van der Waals surface area contributed by atoms with Crippen LogP contribution >= 0.6 is 0 Å². The Hall–Kier alpha value is -1.96. The standard InChI is InChI=1S/C12H15FN2O4S/c1-7(11(14)16)15-12(17)8(2)20(18,19)10-5-3-9(13)4-6-10/h3-8H,1-2H3,(H2,14,16)(H,15,17)/t7-,8+/m1/s1. The van der Waals surface area contributed by atoms with E-state index >= 15 is 0 Å². The van der Waals surface area contributed by atoms with Crippen molar-refractivity contribution in [3.05, 3.63) is 30.1 Å². The van der Waals surface area contributed by atoms with Crippen molar-refractivity contribution in [1.82, 2.24) is 5.32 Å². The van der Waals surface area contributed by atoms with Crippen LogP contribution in [-0.2, 0) is 19.4 Å². The van der Waals surface area contributed by atoms with Gasteiger partial charge < -0.3 is 11.1 Å². The molecule has 0 saturated carbocycles. The number of benzene rings is 1. The van der Waals surface area contributed by atoms with Crippen LogP contribution in [0, 0.1) is 5.82 Å². The number of hydrogen-bond acceptors (Lipinski definition) is 4. The Balaban J connectivity index is 2.95. The molecule has 3 N–H and O–H groups in total. The molecule has 0 aromatic heterocycles. The molecule has 0 aliphatic carbocycles. The van der Waals surface area contributed by atoms with E-state index in [0.717, 1.165) is 24.3 Å². The molecule has 0 fully saturated rings. The van der Waals surface area contributed by atoms with Gasteiger partial charge in [0.25, 0.3) is 0 Å². The van der Waals surface area contributed by atoms with Gasteiger partial charge in [0.2, 0.25) is 11.8 Å². The van der Waals surface area contributed by atoms with Crippen molar-refractivity contribution in [2.45, 2.75) is 30.0 Å². The lowest BCUT2D eigenvalue weighted by Crippen LogP contribution is -2.47. The summed E-state index contributed by atoms with van der Waals surface area (Å²) >= 11 is 0. The maximum atomic E-state index is 12.8. The van der Waals surface area contributed by atoms with Crippen molar-refractivity contribution in [3.63, 3.8) is 0 Å². The average molecular weight is 302 g/mol. The van der Waals surface area contributed by atoms with E-state index in [9.17, 15) is 22.4 Å². The first-order valence-corrected chi connectivity index (χ1v) is 7.30. The molecular weight excluding hydrogens is 287 g/mol. The Labute approximate surface area is 116 Å². The zero-order valence-corrected chi connectivity index (χ0v) is 11.8. The Morgan fingerprint density at radius 2 is 1.70 bits per heavy atom. The van der Waals surface area contributed by atoms with Gasteiger partial charge in [0, 0.05) is 0 Å². The predicted molar refractivity (Wildman–Crippen MR) is 69.8 cm³/mol. The number of rotatable bonds is 5. The highest BCUT2D eigenvalue weighted by atomic mass is 32.2. The molecule has 2 atom stereocenters. The van der Waals surface area contributed by atoms with Crippen LogP contribution in [0.3, 0.4) is 0 Å². The van der Waals surface area contributed by atoms with Crippen molar-refractivity contribution >= 4 is 21.7 Å². The topological polar surface area (TPSA) is 106 Å². The zero-order valence-electron chi connectivity index (χ0n) is 11.0. The summed E-state index contributed by atoms with van der Waals surface area (Å²) in [7, 11) is -3.96. The summed E-state index contributed by atoms with van der Waals surface area (Å²) in [5, 5.41) is 0.778. The molecule has 2 amide bonds. The Morgan fingerprint density at radius 3 is 2.15 bits per heavy atom. The summed E-state index contributed by atoms with van der Waals surface area (Å²) in [6.45, 7) is 2.53. The van der Waals surface area contributed by atoms with E-state index in [4.69, 9.17) is 5.73 Å². The maximum absolute atomic E-state index is 12.8. The second-order valence-corrected chi connectivity index (χ2v) is 6.54. The number of carbonyl (C=O) groups excluding carboxylic acids is 2. The number of nitrogens with one attached hydrogen (secondary N) is 1. The van der Waals surface area contributed by atoms with Gasteiger partial charge in [-0.25, -0.2) is 12.8 Å². The molecule has 8 heteroatoms.